The fraction of sp³-hybridized carbons (Fsp3) is 0.176. The Morgan fingerprint density at radius 1 is 1.35 bits per heavy atom. The molecule has 0 N–H and O–H groups in total. The lowest BCUT2D eigenvalue weighted by Gasteiger charge is -2.12. The minimum atomic E-state index is -0.615. The number of aromatic nitrogens is 1. The van der Waals surface area contributed by atoms with E-state index in [1.165, 1.54) is 6.20 Å². The van der Waals surface area contributed by atoms with Crippen LogP contribution in [0.15, 0.2) is 56.5 Å². The van der Waals surface area contributed by atoms with Gasteiger partial charge < -0.3 is 13.7 Å². The summed E-state index contributed by atoms with van der Waals surface area (Å²) >= 11 is 3.41. The average molecular weight is 376 g/mol. The summed E-state index contributed by atoms with van der Waals surface area (Å²) in [6.07, 6.45) is 3.11. The molecular formula is C17H14BrNO4. The van der Waals surface area contributed by atoms with Gasteiger partial charge in [-0.25, -0.2) is 4.79 Å². The van der Waals surface area contributed by atoms with Crippen molar-refractivity contribution in [2.75, 3.05) is 6.61 Å². The van der Waals surface area contributed by atoms with Gasteiger partial charge in [-0.3, -0.25) is 4.79 Å². The van der Waals surface area contributed by atoms with Gasteiger partial charge in [0.25, 0.3) is 0 Å². The average Bonchev–Trinajstić information content (AvgIpc) is 3.03. The summed E-state index contributed by atoms with van der Waals surface area (Å²) in [5.41, 5.74) is 0.406. The molecule has 6 heteroatoms. The van der Waals surface area contributed by atoms with Gasteiger partial charge in [0, 0.05) is 16.1 Å². The van der Waals surface area contributed by atoms with Crippen molar-refractivity contribution in [3.05, 3.63) is 68.8 Å². The summed E-state index contributed by atoms with van der Waals surface area (Å²) in [7, 11) is 0. The zero-order valence-corrected chi connectivity index (χ0v) is 14.0. The molecule has 0 spiro atoms. The molecule has 3 aromatic rings. The van der Waals surface area contributed by atoms with E-state index in [9.17, 15) is 9.59 Å². The lowest BCUT2D eigenvalue weighted by Crippen LogP contribution is -2.21. The van der Waals surface area contributed by atoms with Gasteiger partial charge in [0.2, 0.25) is 5.43 Å². The first-order valence-electron chi connectivity index (χ1n) is 7.12. The number of nitrogens with zero attached hydrogens (tertiary/aromatic N) is 1. The molecule has 3 rings (SSSR count). The maximum atomic E-state index is 12.6. The van der Waals surface area contributed by atoms with Gasteiger partial charge in [-0.1, -0.05) is 15.9 Å². The Kier molecular flexibility index (Phi) is 4.34. The van der Waals surface area contributed by atoms with Crippen molar-refractivity contribution in [2.45, 2.75) is 13.5 Å². The maximum Gasteiger partial charge on any atom is 0.343 e. The Labute approximate surface area is 140 Å². The molecule has 0 amide bonds. The van der Waals surface area contributed by atoms with Crippen LogP contribution in [-0.2, 0) is 11.3 Å². The van der Waals surface area contributed by atoms with Crippen LogP contribution >= 0.6 is 15.9 Å². The highest BCUT2D eigenvalue weighted by Crippen LogP contribution is 2.20. The van der Waals surface area contributed by atoms with Crippen LogP contribution in [0.3, 0.4) is 0 Å². The first-order valence-corrected chi connectivity index (χ1v) is 7.91. The summed E-state index contributed by atoms with van der Waals surface area (Å²) in [5.74, 6) is 0.111. The molecule has 0 fully saturated rings. The molecule has 23 heavy (non-hydrogen) atoms. The van der Waals surface area contributed by atoms with E-state index in [1.54, 1.807) is 31.4 Å². The van der Waals surface area contributed by atoms with E-state index in [-0.39, 0.29) is 17.6 Å². The SMILES string of the molecule is CCOC(=O)c1cn(Cc2ccco2)c2cc(Br)ccc2c1=O. The number of ether oxygens (including phenoxy) is 1. The largest absolute Gasteiger partial charge is 0.467 e. The molecule has 2 heterocycles. The monoisotopic (exact) mass is 375 g/mol. The third-order valence-electron chi connectivity index (χ3n) is 3.45. The third-order valence-corrected chi connectivity index (χ3v) is 3.94. The lowest BCUT2D eigenvalue weighted by atomic mass is 10.1. The summed E-state index contributed by atoms with van der Waals surface area (Å²) in [5, 5.41) is 0.463. The van der Waals surface area contributed by atoms with Gasteiger partial charge in [-0.2, -0.15) is 0 Å². The van der Waals surface area contributed by atoms with Crippen molar-refractivity contribution in [1.82, 2.24) is 4.57 Å². The number of esters is 1. The maximum absolute atomic E-state index is 12.6. The zero-order valence-electron chi connectivity index (χ0n) is 12.4. The fourth-order valence-corrected chi connectivity index (χ4v) is 2.77. The van der Waals surface area contributed by atoms with Crippen LogP contribution in [-0.4, -0.2) is 17.1 Å². The molecule has 0 aliphatic rings. The van der Waals surface area contributed by atoms with Crippen LogP contribution < -0.4 is 5.43 Å². The second-order valence-electron chi connectivity index (χ2n) is 4.96. The highest BCUT2D eigenvalue weighted by atomic mass is 79.9. The summed E-state index contributed by atoms with van der Waals surface area (Å²) < 4.78 is 13.0. The van der Waals surface area contributed by atoms with Gasteiger partial charge in [-0.05, 0) is 37.3 Å². The molecule has 2 aromatic heterocycles. The smallest absolute Gasteiger partial charge is 0.343 e. The van der Waals surface area contributed by atoms with Crippen LogP contribution in [0.4, 0.5) is 0 Å². The molecule has 0 bridgehead atoms. The lowest BCUT2D eigenvalue weighted by molar-refractivity contribution is 0.0524. The number of pyridine rings is 1. The van der Waals surface area contributed by atoms with E-state index in [4.69, 9.17) is 9.15 Å². The van der Waals surface area contributed by atoms with Gasteiger partial charge in [0.05, 0.1) is 24.9 Å². The molecule has 0 saturated heterocycles. The van der Waals surface area contributed by atoms with E-state index < -0.39 is 5.97 Å². The number of benzene rings is 1. The topological polar surface area (TPSA) is 61.4 Å². The van der Waals surface area contributed by atoms with Crippen molar-refractivity contribution in [3.8, 4) is 0 Å². The third kappa shape index (κ3) is 3.07. The molecule has 0 atom stereocenters. The molecule has 5 nitrogen and oxygen atoms in total. The van der Waals surface area contributed by atoms with Crippen LogP contribution in [0.2, 0.25) is 0 Å². The minimum absolute atomic E-state index is 0.0215. The van der Waals surface area contributed by atoms with Crippen LogP contribution in [0.25, 0.3) is 10.9 Å². The summed E-state index contributed by atoms with van der Waals surface area (Å²) in [6.45, 7) is 2.33. The molecule has 0 unspecified atom stereocenters. The minimum Gasteiger partial charge on any atom is -0.467 e. The van der Waals surface area contributed by atoms with E-state index in [1.807, 2.05) is 16.7 Å². The van der Waals surface area contributed by atoms with Gasteiger partial charge >= 0.3 is 5.97 Å². The number of furan rings is 1. The van der Waals surface area contributed by atoms with Crippen molar-refractivity contribution < 1.29 is 13.9 Å². The van der Waals surface area contributed by atoms with E-state index in [2.05, 4.69) is 15.9 Å². The second-order valence-corrected chi connectivity index (χ2v) is 5.88. The van der Waals surface area contributed by atoms with E-state index in [0.717, 1.165) is 10.2 Å². The van der Waals surface area contributed by atoms with Gasteiger partial charge in [0.1, 0.15) is 11.3 Å². The number of rotatable bonds is 4. The van der Waals surface area contributed by atoms with Crippen molar-refractivity contribution >= 4 is 32.8 Å². The van der Waals surface area contributed by atoms with E-state index in [0.29, 0.717) is 17.4 Å². The number of hydrogen-bond acceptors (Lipinski definition) is 4. The molecular weight excluding hydrogens is 362 g/mol. The Morgan fingerprint density at radius 3 is 2.87 bits per heavy atom. The quantitative estimate of drug-likeness (QED) is 0.653. The van der Waals surface area contributed by atoms with Crippen LogP contribution in [0.5, 0.6) is 0 Å². The van der Waals surface area contributed by atoms with Crippen LogP contribution in [0, 0.1) is 0 Å². The van der Waals surface area contributed by atoms with Crippen molar-refractivity contribution in [2.24, 2.45) is 0 Å². The fourth-order valence-electron chi connectivity index (χ4n) is 2.42. The Hall–Kier alpha value is -2.34. The molecule has 0 radical (unpaired) electrons. The normalized spacial score (nSPS) is 10.9. The van der Waals surface area contributed by atoms with Gasteiger partial charge in [0.15, 0.2) is 0 Å². The number of carbonyl (C=O) groups is 1. The predicted molar refractivity (Wildman–Crippen MR) is 89.7 cm³/mol. The molecule has 0 aliphatic heterocycles. The van der Waals surface area contributed by atoms with E-state index >= 15 is 0 Å². The Bertz CT molecular complexity index is 912. The predicted octanol–water partition coefficient (Wildman–Crippen LogP) is 3.58. The van der Waals surface area contributed by atoms with Gasteiger partial charge in [-0.15, -0.1) is 0 Å². The molecule has 0 aliphatic carbocycles. The molecule has 0 saturated carbocycles. The summed E-state index contributed by atoms with van der Waals surface area (Å²) in [6, 6.07) is 8.95. The highest BCUT2D eigenvalue weighted by molar-refractivity contribution is 9.10. The second kappa shape index (κ2) is 6.42. The highest BCUT2D eigenvalue weighted by Gasteiger charge is 2.17. The van der Waals surface area contributed by atoms with Crippen LogP contribution in [0.1, 0.15) is 23.0 Å². The summed E-state index contributed by atoms with van der Waals surface area (Å²) in [4.78, 5) is 24.6. The molecule has 118 valence electrons. The number of fused-ring (bicyclic) bond motifs is 1. The Balaban J connectivity index is 2.22. The Morgan fingerprint density at radius 2 is 2.17 bits per heavy atom. The first kappa shape index (κ1) is 15.6. The zero-order chi connectivity index (χ0) is 16.4. The standard InChI is InChI=1S/C17H14BrNO4/c1-2-22-17(21)14-10-19(9-12-4-3-7-23-12)15-8-11(18)5-6-13(15)16(14)20/h3-8,10H,2,9H2,1H3. The van der Waals surface area contributed by atoms with Crippen molar-refractivity contribution in [1.29, 1.82) is 0 Å². The number of hydrogen-bond donors (Lipinski definition) is 0. The van der Waals surface area contributed by atoms with Crippen molar-refractivity contribution in [3.63, 3.8) is 0 Å². The molecule has 1 aromatic carbocycles. The number of carbonyl (C=O) groups excluding carboxylic acids is 1. The number of halogens is 1. The first-order chi connectivity index (χ1) is 11.1.